The van der Waals surface area contributed by atoms with Crippen molar-refractivity contribution in [1.82, 2.24) is 10.1 Å². The van der Waals surface area contributed by atoms with Gasteiger partial charge < -0.3 is 10.3 Å². The highest BCUT2D eigenvalue weighted by atomic mass is 32.2. The van der Waals surface area contributed by atoms with Crippen LogP contribution in [-0.4, -0.2) is 35.3 Å². The minimum atomic E-state index is -3.67. The topological polar surface area (TPSA) is 148 Å². The minimum absolute atomic E-state index is 0.124. The van der Waals surface area contributed by atoms with Crippen LogP contribution in [0.4, 0.5) is 11.7 Å². The molecule has 2 heterocycles. The van der Waals surface area contributed by atoms with Gasteiger partial charge in [0, 0.05) is 23.2 Å². The fraction of sp³-hybridized carbons (Fsp3) is 0.286. The molecule has 4 rings (SSSR count). The standard InChI is InChI=1S/C20H20N4O2.CH4O3S/c1-20(8-9-20)16-11-19(26-24-16)23-18(25)10-13-2-4-14(5-3-13)15-6-7-17(21)22-12-15;1-5(2,3)4/h2-7,11-12H,8-10H2,1H3,(H2,21,22)(H,23,25);1H3,(H,2,3,4). The zero-order valence-corrected chi connectivity index (χ0v) is 18.0. The minimum Gasteiger partial charge on any atom is -0.384 e. The van der Waals surface area contributed by atoms with Crippen molar-refractivity contribution in [3.63, 3.8) is 0 Å². The van der Waals surface area contributed by atoms with Gasteiger partial charge in [-0.1, -0.05) is 36.3 Å². The number of pyridine rings is 1. The quantitative estimate of drug-likeness (QED) is 0.508. The monoisotopic (exact) mass is 444 g/mol. The molecule has 0 atom stereocenters. The summed E-state index contributed by atoms with van der Waals surface area (Å²) in [6, 6.07) is 13.3. The van der Waals surface area contributed by atoms with E-state index < -0.39 is 10.1 Å². The Bertz CT molecular complexity index is 1140. The molecule has 1 fully saturated rings. The summed E-state index contributed by atoms with van der Waals surface area (Å²) in [6.45, 7) is 2.15. The molecule has 0 saturated heterocycles. The van der Waals surface area contributed by atoms with E-state index in [4.69, 9.17) is 14.8 Å². The molecule has 1 aromatic carbocycles. The van der Waals surface area contributed by atoms with Crippen molar-refractivity contribution in [2.45, 2.75) is 31.6 Å². The Morgan fingerprint density at radius 2 is 1.81 bits per heavy atom. The van der Waals surface area contributed by atoms with Gasteiger partial charge in [-0.2, -0.15) is 8.42 Å². The molecule has 0 spiro atoms. The molecule has 164 valence electrons. The summed E-state index contributed by atoms with van der Waals surface area (Å²) in [5, 5.41) is 6.83. The van der Waals surface area contributed by atoms with Gasteiger partial charge in [-0.3, -0.25) is 14.7 Å². The highest BCUT2D eigenvalue weighted by Crippen LogP contribution is 2.47. The number of nitrogen functional groups attached to an aromatic ring is 1. The van der Waals surface area contributed by atoms with E-state index in [0.29, 0.717) is 18.0 Å². The van der Waals surface area contributed by atoms with E-state index in [1.165, 1.54) is 0 Å². The van der Waals surface area contributed by atoms with Crippen molar-refractivity contribution < 1.29 is 22.3 Å². The number of nitrogens with one attached hydrogen (secondary N) is 1. The van der Waals surface area contributed by atoms with Crippen molar-refractivity contribution in [2.75, 3.05) is 17.3 Å². The first-order valence-corrected chi connectivity index (χ1v) is 11.4. The van der Waals surface area contributed by atoms with Crippen molar-refractivity contribution >= 4 is 27.7 Å². The molecule has 0 bridgehead atoms. The van der Waals surface area contributed by atoms with Gasteiger partial charge in [0.05, 0.1) is 18.4 Å². The van der Waals surface area contributed by atoms with Crippen molar-refractivity contribution in [2.24, 2.45) is 0 Å². The summed E-state index contributed by atoms with van der Waals surface area (Å²) in [7, 11) is -3.67. The van der Waals surface area contributed by atoms with Gasteiger partial charge in [0.1, 0.15) is 5.82 Å². The van der Waals surface area contributed by atoms with Crippen LogP contribution >= 0.6 is 0 Å². The van der Waals surface area contributed by atoms with Crippen LogP contribution in [0.2, 0.25) is 0 Å². The molecular formula is C21H24N4O5S. The molecule has 0 radical (unpaired) electrons. The predicted molar refractivity (Wildman–Crippen MR) is 117 cm³/mol. The van der Waals surface area contributed by atoms with Crippen LogP contribution in [0, 0.1) is 0 Å². The summed E-state index contributed by atoms with van der Waals surface area (Å²) >= 11 is 0. The number of rotatable bonds is 5. The molecule has 3 aromatic rings. The number of carbonyl (C=O) groups excluding carboxylic acids is 1. The van der Waals surface area contributed by atoms with Crippen molar-refractivity contribution in [3.05, 3.63) is 59.9 Å². The molecule has 2 aromatic heterocycles. The molecule has 10 heteroatoms. The summed E-state index contributed by atoms with van der Waals surface area (Å²) < 4.78 is 31.1. The third-order valence-electron chi connectivity index (χ3n) is 4.83. The predicted octanol–water partition coefficient (Wildman–Crippen LogP) is 3.06. The van der Waals surface area contributed by atoms with Gasteiger partial charge in [-0.05, 0) is 36.1 Å². The Morgan fingerprint density at radius 3 is 2.35 bits per heavy atom. The molecule has 1 amide bonds. The van der Waals surface area contributed by atoms with Gasteiger partial charge in [-0.25, -0.2) is 4.98 Å². The van der Waals surface area contributed by atoms with Crippen LogP contribution in [0.3, 0.4) is 0 Å². The number of hydrogen-bond acceptors (Lipinski definition) is 7. The SMILES string of the molecule is CC1(c2cc(NC(=O)Cc3ccc(-c4ccc(N)nc4)cc3)on2)CC1.CS(=O)(=O)O. The lowest BCUT2D eigenvalue weighted by Crippen LogP contribution is -2.13. The first-order valence-electron chi connectivity index (χ1n) is 9.52. The van der Waals surface area contributed by atoms with E-state index in [1.807, 2.05) is 36.4 Å². The summed E-state index contributed by atoms with van der Waals surface area (Å²) in [5.41, 5.74) is 9.57. The van der Waals surface area contributed by atoms with Crippen molar-refractivity contribution in [1.29, 1.82) is 0 Å². The molecule has 31 heavy (non-hydrogen) atoms. The normalized spacial score (nSPS) is 14.3. The zero-order chi connectivity index (χ0) is 22.6. The highest BCUT2D eigenvalue weighted by Gasteiger charge is 2.42. The highest BCUT2D eigenvalue weighted by molar-refractivity contribution is 7.85. The zero-order valence-electron chi connectivity index (χ0n) is 17.2. The first-order chi connectivity index (χ1) is 14.5. The van der Waals surface area contributed by atoms with Crippen LogP contribution in [0.5, 0.6) is 0 Å². The van der Waals surface area contributed by atoms with E-state index in [2.05, 4.69) is 22.4 Å². The number of nitrogens with zero attached hydrogens (tertiary/aromatic N) is 2. The van der Waals surface area contributed by atoms with Gasteiger partial charge in [0.2, 0.25) is 11.8 Å². The maximum Gasteiger partial charge on any atom is 0.261 e. The van der Waals surface area contributed by atoms with E-state index in [1.54, 1.807) is 12.3 Å². The molecule has 0 unspecified atom stereocenters. The maximum absolute atomic E-state index is 12.2. The van der Waals surface area contributed by atoms with Crippen LogP contribution in [0.1, 0.15) is 31.0 Å². The fourth-order valence-corrected chi connectivity index (χ4v) is 2.82. The molecule has 1 saturated carbocycles. The lowest BCUT2D eigenvalue weighted by Gasteiger charge is -2.05. The number of hydrogen-bond donors (Lipinski definition) is 3. The average molecular weight is 445 g/mol. The van der Waals surface area contributed by atoms with Crippen molar-refractivity contribution in [3.8, 4) is 11.1 Å². The maximum atomic E-state index is 12.2. The molecule has 1 aliphatic carbocycles. The second kappa shape index (κ2) is 8.86. The number of carbonyl (C=O) groups is 1. The first kappa shape index (κ1) is 22.4. The van der Waals surface area contributed by atoms with Gasteiger partial charge >= 0.3 is 0 Å². The van der Waals surface area contributed by atoms with Crippen LogP contribution in [0.15, 0.2) is 53.2 Å². The summed E-state index contributed by atoms with van der Waals surface area (Å²) in [6.07, 6.45) is 4.95. The van der Waals surface area contributed by atoms with E-state index in [9.17, 15) is 13.2 Å². The Morgan fingerprint density at radius 1 is 1.19 bits per heavy atom. The molecule has 4 N–H and O–H groups in total. The van der Waals surface area contributed by atoms with E-state index in [0.717, 1.165) is 35.2 Å². The smallest absolute Gasteiger partial charge is 0.261 e. The Labute approximate surface area is 180 Å². The lowest BCUT2D eigenvalue weighted by molar-refractivity contribution is -0.115. The number of anilines is 2. The number of nitrogens with two attached hydrogens (primary N) is 1. The fourth-order valence-electron chi connectivity index (χ4n) is 2.82. The van der Waals surface area contributed by atoms with Crippen LogP contribution in [-0.2, 0) is 26.7 Å². The molecule has 0 aliphatic heterocycles. The second-order valence-electron chi connectivity index (χ2n) is 7.76. The summed E-state index contributed by atoms with van der Waals surface area (Å²) in [4.78, 5) is 16.3. The van der Waals surface area contributed by atoms with E-state index in [-0.39, 0.29) is 17.7 Å². The van der Waals surface area contributed by atoms with Gasteiger partial charge in [0.25, 0.3) is 10.1 Å². The Hall–Kier alpha value is -3.24. The van der Waals surface area contributed by atoms with E-state index >= 15 is 0 Å². The molecular weight excluding hydrogens is 420 g/mol. The van der Waals surface area contributed by atoms with Gasteiger partial charge in [-0.15, -0.1) is 0 Å². The summed E-state index contributed by atoms with van der Waals surface area (Å²) in [5.74, 6) is 0.770. The van der Waals surface area contributed by atoms with Crippen LogP contribution < -0.4 is 11.1 Å². The number of amides is 1. The second-order valence-corrected chi connectivity index (χ2v) is 9.23. The third kappa shape index (κ3) is 6.90. The third-order valence-corrected chi connectivity index (χ3v) is 4.83. The average Bonchev–Trinajstić information content (AvgIpc) is 3.25. The Balaban J connectivity index is 0.000000491. The molecule has 9 nitrogen and oxygen atoms in total. The Kier molecular flexibility index (Phi) is 6.42. The van der Waals surface area contributed by atoms with Crippen LogP contribution in [0.25, 0.3) is 11.1 Å². The number of aromatic nitrogens is 2. The lowest BCUT2D eigenvalue weighted by atomic mass is 10.0. The largest absolute Gasteiger partial charge is 0.384 e. The van der Waals surface area contributed by atoms with Gasteiger partial charge in [0.15, 0.2) is 0 Å². The molecule has 1 aliphatic rings. The number of benzene rings is 1.